The molecule has 0 unspecified atom stereocenters. The number of halogens is 4. The zero-order chi connectivity index (χ0) is 18.4. The first-order chi connectivity index (χ1) is 12.3. The van der Waals surface area contributed by atoms with E-state index < -0.39 is 8.65 Å². The second kappa shape index (κ2) is 5.44. The first kappa shape index (κ1) is 17.4. The molecule has 0 aromatic heterocycles. The summed E-state index contributed by atoms with van der Waals surface area (Å²) in [6, 6.07) is 14.8. The summed E-state index contributed by atoms with van der Waals surface area (Å²) < 4.78 is -1.58. The summed E-state index contributed by atoms with van der Waals surface area (Å²) in [6.07, 6.45) is 0. The zero-order valence-corrected chi connectivity index (χ0v) is 17.9. The maximum Gasteiger partial charge on any atom is 0.156 e. The molecule has 132 valence electrons. The Bertz CT molecular complexity index is 879. The average Bonchev–Trinajstić information content (AvgIpc) is 3.46. The van der Waals surface area contributed by atoms with E-state index in [1.807, 2.05) is 24.3 Å². The molecule has 0 heterocycles. The monoisotopic (exact) mass is 512 g/mol. The van der Waals surface area contributed by atoms with E-state index in [0.29, 0.717) is 10.0 Å². The summed E-state index contributed by atoms with van der Waals surface area (Å²) >= 11 is 19.2. The molecule has 0 N–H and O–H groups in total. The molecule has 2 aromatic rings. The highest BCUT2D eigenvalue weighted by Gasteiger charge is 2.87. The van der Waals surface area contributed by atoms with E-state index in [9.17, 15) is 9.59 Å². The minimum absolute atomic E-state index is 0.110. The van der Waals surface area contributed by atoms with Gasteiger partial charge in [0.2, 0.25) is 0 Å². The Hall–Kier alpha value is -0.680. The van der Waals surface area contributed by atoms with Gasteiger partial charge in [0.15, 0.2) is 11.6 Å². The molecule has 0 aliphatic heterocycles. The van der Waals surface area contributed by atoms with Gasteiger partial charge in [-0.2, -0.15) is 0 Å². The lowest BCUT2D eigenvalue weighted by Crippen LogP contribution is -2.36. The van der Waals surface area contributed by atoms with Gasteiger partial charge in [-0.1, -0.05) is 79.3 Å². The quantitative estimate of drug-likeness (QED) is 0.493. The van der Waals surface area contributed by atoms with E-state index >= 15 is 0 Å². The zero-order valence-electron chi connectivity index (χ0n) is 13.3. The number of benzene rings is 2. The number of Topliss-reactive ketones (excluding diaryl/α,β-unsaturated/α-hetero) is 2. The molecule has 2 nitrogen and oxygen atoms in total. The predicted molar refractivity (Wildman–Crippen MR) is 109 cm³/mol. The van der Waals surface area contributed by atoms with Crippen molar-refractivity contribution in [3.8, 4) is 0 Å². The van der Waals surface area contributed by atoms with Crippen molar-refractivity contribution in [3.63, 3.8) is 0 Å². The Balaban J connectivity index is 1.52. The van der Waals surface area contributed by atoms with Crippen LogP contribution in [0.2, 0.25) is 10.0 Å². The second-order valence-electron chi connectivity index (χ2n) is 7.28. The van der Waals surface area contributed by atoms with E-state index in [1.54, 1.807) is 24.3 Å². The van der Waals surface area contributed by atoms with Crippen LogP contribution in [0.3, 0.4) is 0 Å². The van der Waals surface area contributed by atoms with Gasteiger partial charge in [-0.3, -0.25) is 9.59 Å². The lowest BCUT2D eigenvalue weighted by atomic mass is 9.98. The maximum absolute atomic E-state index is 13.3. The van der Waals surface area contributed by atoms with E-state index in [1.165, 1.54) is 0 Å². The van der Waals surface area contributed by atoms with Gasteiger partial charge in [-0.05, 0) is 35.4 Å². The SMILES string of the molecule is O=C1[C@@H]2[C@@H](c3ccc(Cl)cc3)[C@]2(Br)C(=O)[C@H]2[C@H](c3ccc(Cl)cc3)[C@@]12Br. The molecule has 0 radical (unpaired) electrons. The summed E-state index contributed by atoms with van der Waals surface area (Å²) in [6.45, 7) is 0. The Morgan fingerprint density at radius 1 is 0.615 bits per heavy atom. The smallest absolute Gasteiger partial charge is 0.156 e. The van der Waals surface area contributed by atoms with Crippen molar-refractivity contribution in [2.24, 2.45) is 11.8 Å². The molecule has 2 aromatic carbocycles. The number of fused-ring (bicyclic) bond motifs is 2. The highest BCUT2D eigenvalue weighted by atomic mass is 79.9. The molecule has 6 atom stereocenters. The van der Waals surface area contributed by atoms with Crippen molar-refractivity contribution in [3.05, 3.63) is 69.7 Å². The number of rotatable bonds is 2. The average molecular weight is 515 g/mol. The van der Waals surface area contributed by atoms with Gasteiger partial charge in [0.1, 0.15) is 8.65 Å². The number of carbonyl (C=O) groups excluding carboxylic acids is 2. The molecule has 0 spiro atoms. The van der Waals surface area contributed by atoms with Crippen LogP contribution in [0.5, 0.6) is 0 Å². The fourth-order valence-corrected chi connectivity index (χ4v) is 7.18. The van der Waals surface area contributed by atoms with Gasteiger partial charge in [-0.15, -0.1) is 0 Å². The van der Waals surface area contributed by atoms with E-state index in [0.717, 1.165) is 11.1 Å². The Morgan fingerprint density at radius 3 is 1.23 bits per heavy atom. The molecule has 3 saturated carbocycles. The van der Waals surface area contributed by atoms with E-state index in [-0.39, 0.29) is 35.2 Å². The van der Waals surface area contributed by atoms with Crippen LogP contribution in [-0.4, -0.2) is 20.2 Å². The van der Waals surface area contributed by atoms with Gasteiger partial charge >= 0.3 is 0 Å². The fraction of sp³-hybridized carbons (Fsp3) is 0.300. The molecule has 3 aliphatic rings. The van der Waals surface area contributed by atoms with Crippen LogP contribution in [0, 0.1) is 11.8 Å². The standard InChI is InChI=1S/C20H12Br2Cl2O2/c21-19-13(9-1-5-11(23)6-2-9)15(19)17(25)20(22)14(16(20)18(19)26)10-3-7-12(24)8-4-10/h1-8,13-16H/t13-,14+,15+,16-,19-,20+. The van der Waals surface area contributed by atoms with Gasteiger partial charge < -0.3 is 0 Å². The van der Waals surface area contributed by atoms with Crippen LogP contribution in [-0.2, 0) is 9.59 Å². The molecule has 6 heteroatoms. The molecule has 3 fully saturated rings. The van der Waals surface area contributed by atoms with Crippen molar-refractivity contribution in [1.29, 1.82) is 0 Å². The minimum Gasteiger partial charge on any atom is -0.298 e. The molecular weight excluding hydrogens is 503 g/mol. The summed E-state index contributed by atoms with van der Waals surface area (Å²) in [5, 5.41) is 1.28. The number of alkyl halides is 2. The third kappa shape index (κ3) is 2.05. The van der Waals surface area contributed by atoms with Gasteiger partial charge in [0.25, 0.3) is 0 Å². The summed E-state index contributed by atoms with van der Waals surface area (Å²) in [5.41, 5.74) is 1.94. The Labute approximate surface area is 177 Å². The van der Waals surface area contributed by atoms with E-state index in [2.05, 4.69) is 31.9 Å². The van der Waals surface area contributed by atoms with Crippen molar-refractivity contribution in [2.45, 2.75) is 20.5 Å². The van der Waals surface area contributed by atoms with E-state index in [4.69, 9.17) is 23.2 Å². The van der Waals surface area contributed by atoms with Crippen LogP contribution in [0.4, 0.5) is 0 Å². The van der Waals surface area contributed by atoms with Crippen LogP contribution in [0.15, 0.2) is 48.5 Å². The molecule has 0 bridgehead atoms. The van der Waals surface area contributed by atoms with Crippen molar-refractivity contribution < 1.29 is 9.59 Å². The van der Waals surface area contributed by atoms with Crippen LogP contribution in [0.25, 0.3) is 0 Å². The number of hydrogen-bond donors (Lipinski definition) is 0. The molecule has 5 rings (SSSR count). The predicted octanol–water partition coefficient (Wildman–Crippen LogP) is 5.54. The largest absolute Gasteiger partial charge is 0.298 e. The Morgan fingerprint density at radius 2 is 0.923 bits per heavy atom. The molecular formula is C20H12Br2Cl2O2. The summed E-state index contributed by atoms with van der Waals surface area (Å²) in [7, 11) is 0. The maximum atomic E-state index is 13.3. The molecule has 0 amide bonds. The number of ketones is 2. The van der Waals surface area contributed by atoms with Crippen LogP contribution >= 0.6 is 55.1 Å². The van der Waals surface area contributed by atoms with Crippen molar-refractivity contribution in [2.75, 3.05) is 0 Å². The highest BCUT2D eigenvalue weighted by molar-refractivity contribution is 9.11. The lowest BCUT2D eigenvalue weighted by molar-refractivity contribution is -0.128. The third-order valence-electron chi connectivity index (χ3n) is 6.04. The fourth-order valence-electron chi connectivity index (χ4n) is 4.70. The number of carbonyl (C=O) groups is 2. The van der Waals surface area contributed by atoms with Gasteiger partial charge in [0.05, 0.1) is 11.8 Å². The molecule has 3 aliphatic carbocycles. The highest BCUT2D eigenvalue weighted by Crippen LogP contribution is 2.79. The van der Waals surface area contributed by atoms with Crippen LogP contribution in [0.1, 0.15) is 23.0 Å². The van der Waals surface area contributed by atoms with Crippen LogP contribution < -0.4 is 0 Å². The number of hydrogen-bond acceptors (Lipinski definition) is 2. The normalized spacial score (nSPS) is 40.0. The van der Waals surface area contributed by atoms with Gasteiger partial charge in [0, 0.05) is 21.9 Å². The topological polar surface area (TPSA) is 34.1 Å². The molecule has 0 saturated heterocycles. The minimum atomic E-state index is -0.791. The summed E-state index contributed by atoms with van der Waals surface area (Å²) in [5.74, 6) is -0.730. The molecule has 26 heavy (non-hydrogen) atoms. The van der Waals surface area contributed by atoms with Crippen molar-refractivity contribution in [1.82, 2.24) is 0 Å². The van der Waals surface area contributed by atoms with Crippen molar-refractivity contribution >= 4 is 66.6 Å². The third-order valence-corrected chi connectivity index (χ3v) is 9.30. The first-order valence-corrected chi connectivity index (χ1v) is 10.6. The second-order valence-corrected chi connectivity index (χ2v) is 10.8. The van der Waals surface area contributed by atoms with Gasteiger partial charge in [-0.25, -0.2) is 0 Å². The first-order valence-electron chi connectivity index (χ1n) is 8.28. The Kier molecular flexibility index (Phi) is 3.64. The summed E-state index contributed by atoms with van der Waals surface area (Å²) in [4.78, 5) is 26.6. The lowest BCUT2D eigenvalue weighted by Gasteiger charge is -2.16.